The second-order valence-corrected chi connectivity index (χ2v) is 4.37. The SMILES string of the molecule is CC[C@@H](C(=O)O)C1CCC(C)CC1. The van der Waals surface area contributed by atoms with Gasteiger partial charge in [0.25, 0.3) is 0 Å². The van der Waals surface area contributed by atoms with Gasteiger partial charge in [-0.1, -0.05) is 26.7 Å². The fourth-order valence-electron chi connectivity index (χ4n) is 2.40. The van der Waals surface area contributed by atoms with Crippen LogP contribution in [0.15, 0.2) is 0 Å². The number of carboxylic acids is 1. The molecule has 2 nitrogen and oxygen atoms in total. The van der Waals surface area contributed by atoms with Gasteiger partial charge in [-0.05, 0) is 31.1 Å². The highest BCUT2D eigenvalue weighted by Crippen LogP contribution is 2.34. The summed E-state index contributed by atoms with van der Waals surface area (Å²) in [5.41, 5.74) is 0. The Bertz CT molecular complexity index is 169. The van der Waals surface area contributed by atoms with E-state index in [0.29, 0.717) is 5.92 Å². The maximum Gasteiger partial charge on any atom is 0.306 e. The topological polar surface area (TPSA) is 37.3 Å². The van der Waals surface area contributed by atoms with E-state index in [4.69, 9.17) is 5.11 Å². The third kappa shape index (κ3) is 2.71. The van der Waals surface area contributed by atoms with E-state index >= 15 is 0 Å². The Labute approximate surface area is 80.3 Å². The van der Waals surface area contributed by atoms with Gasteiger partial charge < -0.3 is 5.11 Å². The number of carboxylic acid groups (broad SMARTS) is 1. The van der Waals surface area contributed by atoms with Gasteiger partial charge in [-0.3, -0.25) is 4.79 Å². The molecule has 1 atom stereocenters. The van der Waals surface area contributed by atoms with Crippen molar-refractivity contribution in [1.29, 1.82) is 0 Å². The van der Waals surface area contributed by atoms with E-state index in [2.05, 4.69) is 6.92 Å². The summed E-state index contributed by atoms with van der Waals surface area (Å²) < 4.78 is 0. The molecule has 0 saturated heterocycles. The Kier molecular flexibility index (Phi) is 3.76. The summed E-state index contributed by atoms with van der Waals surface area (Å²) in [7, 11) is 0. The van der Waals surface area contributed by atoms with Crippen LogP contribution in [-0.4, -0.2) is 11.1 Å². The van der Waals surface area contributed by atoms with Crippen LogP contribution in [0.3, 0.4) is 0 Å². The maximum atomic E-state index is 10.9. The maximum absolute atomic E-state index is 10.9. The molecule has 2 heteroatoms. The average molecular weight is 184 g/mol. The van der Waals surface area contributed by atoms with Crippen LogP contribution in [0.1, 0.15) is 46.0 Å². The predicted molar refractivity (Wildman–Crippen MR) is 52.5 cm³/mol. The van der Waals surface area contributed by atoms with E-state index in [-0.39, 0.29) is 5.92 Å². The monoisotopic (exact) mass is 184 g/mol. The smallest absolute Gasteiger partial charge is 0.306 e. The van der Waals surface area contributed by atoms with Gasteiger partial charge in [0.1, 0.15) is 0 Å². The quantitative estimate of drug-likeness (QED) is 0.732. The first-order valence-electron chi connectivity index (χ1n) is 5.38. The van der Waals surface area contributed by atoms with Crippen molar-refractivity contribution in [3.63, 3.8) is 0 Å². The second kappa shape index (κ2) is 4.64. The summed E-state index contributed by atoms with van der Waals surface area (Å²) in [6, 6.07) is 0. The van der Waals surface area contributed by atoms with E-state index in [1.807, 2.05) is 6.92 Å². The minimum Gasteiger partial charge on any atom is -0.481 e. The number of hydrogen-bond acceptors (Lipinski definition) is 1. The molecule has 0 aromatic carbocycles. The number of carbonyl (C=O) groups is 1. The van der Waals surface area contributed by atoms with Crippen molar-refractivity contribution in [1.82, 2.24) is 0 Å². The normalized spacial score (nSPS) is 31.2. The van der Waals surface area contributed by atoms with Crippen molar-refractivity contribution in [3.8, 4) is 0 Å². The van der Waals surface area contributed by atoms with Crippen molar-refractivity contribution in [2.24, 2.45) is 17.8 Å². The standard InChI is InChI=1S/C11H20O2/c1-3-10(11(12)13)9-6-4-8(2)5-7-9/h8-10H,3-7H2,1-2H3,(H,12,13)/t8?,9?,10-/m1/s1. The van der Waals surface area contributed by atoms with Gasteiger partial charge in [0.15, 0.2) is 0 Å². The van der Waals surface area contributed by atoms with Gasteiger partial charge in [-0.2, -0.15) is 0 Å². The van der Waals surface area contributed by atoms with Crippen molar-refractivity contribution in [2.75, 3.05) is 0 Å². The van der Waals surface area contributed by atoms with Crippen LogP contribution in [0.25, 0.3) is 0 Å². The molecule has 0 amide bonds. The molecule has 13 heavy (non-hydrogen) atoms. The Balaban J connectivity index is 2.46. The van der Waals surface area contributed by atoms with Crippen LogP contribution in [0.5, 0.6) is 0 Å². The van der Waals surface area contributed by atoms with Crippen LogP contribution in [0.4, 0.5) is 0 Å². The van der Waals surface area contributed by atoms with Crippen LogP contribution >= 0.6 is 0 Å². The lowest BCUT2D eigenvalue weighted by Gasteiger charge is -2.29. The van der Waals surface area contributed by atoms with Crippen LogP contribution < -0.4 is 0 Å². The van der Waals surface area contributed by atoms with E-state index in [9.17, 15) is 4.79 Å². The zero-order chi connectivity index (χ0) is 9.84. The summed E-state index contributed by atoms with van der Waals surface area (Å²) in [4.78, 5) is 10.9. The Morgan fingerprint density at radius 2 is 1.92 bits per heavy atom. The van der Waals surface area contributed by atoms with Crippen molar-refractivity contribution < 1.29 is 9.90 Å². The molecule has 0 spiro atoms. The zero-order valence-electron chi connectivity index (χ0n) is 8.62. The highest BCUT2D eigenvalue weighted by molar-refractivity contribution is 5.70. The molecule has 1 saturated carbocycles. The molecule has 1 rings (SSSR count). The van der Waals surface area contributed by atoms with E-state index in [1.165, 1.54) is 12.8 Å². The second-order valence-electron chi connectivity index (χ2n) is 4.37. The highest BCUT2D eigenvalue weighted by atomic mass is 16.4. The lowest BCUT2D eigenvalue weighted by Crippen LogP contribution is -2.26. The van der Waals surface area contributed by atoms with E-state index in [0.717, 1.165) is 25.2 Å². The van der Waals surface area contributed by atoms with Crippen LogP contribution in [0.2, 0.25) is 0 Å². The molecule has 1 N–H and O–H groups in total. The first-order valence-corrected chi connectivity index (χ1v) is 5.38. The third-order valence-corrected chi connectivity index (χ3v) is 3.39. The fraction of sp³-hybridized carbons (Fsp3) is 0.909. The predicted octanol–water partition coefficient (Wildman–Crippen LogP) is 2.92. The van der Waals surface area contributed by atoms with Crippen molar-refractivity contribution in [3.05, 3.63) is 0 Å². The van der Waals surface area contributed by atoms with Gasteiger partial charge in [0, 0.05) is 0 Å². The van der Waals surface area contributed by atoms with Gasteiger partial charge in [0.2, 0.25) is 0 Å². The Morgan fingerprint density at radius 1 is 1.38 bits per heavy atom. The molecule has 0 bridgehead atoms. The van der Waals surface area contributed by atoms with Crippen LogP contribution in [-0.2, 0) is 4.79 Å². The van der Waals surface area contributed by atoms with Gasteiger partial charge in [-0.15, -0.1) is 0 Å². The summed E-state index contributed by atoms with van der Waals surface area (Å²) in [6.07, 6.45) is 5.45. The third-order valence-electron chi connectivity index (χ3n) is 3.39. The molecular weight excluding hydrogens is 164 g/mol. The number of aliphatic carboxylic acids is 1. The summed E-state index contributed by atoms with van der Waals surface area (Å²) >= 11 is 0. The molecule has 1 aliphatic carbocycles. The highest BCUT2D eigenvalue weighted by Gasteiger charge is 2.29. The van der Waals surface area contributed by atoms with Gasteiger partial charge >= 0.3 is 5.97 Å². The summed E-state index contributed by atoms with van der Waals surface area (Å²) in [6.45, 7) is 4.24. The van der Waals surface area contributed by atoms with E-state index in [1.54, 1.807) is 0 Å². The first-order chi connectivity index (χ1) is 6.15. The summed E-state index contributed by atoms with van der Waals surface area (Å²) in [5.74, 6) is 0.566. The molecule has 0 heterocycles. The molecule has 0 aliphatic heterocycles. The molecule has 0 unspecified atom stereocenters. The van der Waals surface area contributed by atoms with Crippen molar-refractivity contribution in [2.45, 2.75) is 46.0 Å². The molecule has 1 aliphatic rings. The van der Waals surface area contributed by atoms with Crippen molar-refractivity contribution >= 4 is 5.97 Å². The lowest BCUT2D eigenvalue weighted by molar-refractivity contribution is -0.144. The lowest BCUT2D eigenvalue weighted by atomic mass is 9.75. The molecular formula is C11H20O2. The molecule has 0 aromatic rings. The largest absolute Gasteiger partial charge is 0.481 e. The molecule has 1 fully saturated rings. The molecule has 0 aromatic heterocycles. The average Bonchev–Trinajstić information content (AvgIpc) is 2.09. The minimum absolute atomic E-state index is 0.0903. The number of hydrogen-bond donors (Lipinski definition) is 1. The van der Waals surface area contributed by atoms with Crippen LogP contribution in [0, 0.1) is 17.8 Å². The minimum atomic E-state index is -0.595. The molecule has 76 valence electrons. The Hall–Kier alpha value is -0.530. The summed E-state index contributed by atoms with van der Waals surface area (Å²) in [5, 5.41) is 8.99. The zero-order valence-corrected chi connectivity index (χ0v) is 8.62. The van der Waals surface area contributed by atoms with Gasteiger partial charge in [0.05, 0.1) is 5.92 Å². The van der Waals surface area contributed by atoms with Gasteiger partial charge in [-0.25, -0.2) is 0 Å². The Morgan fingerprint density at radius 3 is 2.31 bits per heavy atom. The van der Waals surface area contributed by atoms with E-state index < -0.39 is 5.97 Å². The first kappa shape index (κ1) is 10.6. The fourth-order valence-corrected chi connectivity index (χ4v) is 2.40. The molecule has 0 radical (unpaired) electrons. The number of rotatable bonds is 3.